The molecule has 0 spiro atoms. The van der Waals surface area contributed by atoms with Crippen LogP contribution in [0.1, 0.15) is 17.3 Å². The predicted molar refractivity (Wildman–Crippen MR) is 82.9 cm³/mol. The monoisotopic (exact) mass is 324 g/mol. The molecule has 4 rings (SSSR count). The summed E-state index contributed by atoms with van der Waals surface area (Å²) in [6, 6.07) is 0. The summed E-state index contributed by atoms with van der Waals surface area (Å²) < 4.78 is 7.87. The molecule has 10 nitrogen and oxygen atoms in total. The van der Waals surface area contributed by atoms with Gasteiger partial charge in [-0.15, -0.1) is 0 Å². The first-order valence-corrected chi connectivity index (χ1v) is 7.16. The lowest BCUT2D eigenvalue weighted by atomic mass is 10.2. The lowest BCUT2D eigenvalue weighted by Crippen LogP contribution is -2.12. The molecule has 2 N–H and O–H groups in total. The van der Waals surface area contributed by atoms with Gasteiger partial charge in [-0.05, 0) is 17.2 Å². The Labute approximate surface area is 134 Å². The number of carbonyl (C=O) groups is 1. The molecule has 4 aromatic heterocycles. The number of nitrogens with zero attached hydrogens (tertiary/aromatic N) is 7. The molecule has 24 heavy (non-hydrogen) atoms. The van der Waals surface area contributed by atoms with Crippen molar-refractivity contribution in [1.82, 2.24) is 34.4 Å². The van der Waals surface area contributed by atoms with Gasteiger partial charge in [-0.2, -0.15) is 0 Å². The van der Waals surface area contributed by atoms with Gasteiger partial charge in [0.15, 0.2) is 17.3 Å². The molecule has 0 aliphatic rings. The van der Waals surface area contributed by atoms with Crippen LogP contribution in [0.15, 0.2) is 35.7 Å². The van der Waals surface area contributed by atoms with Crippen molar-refractivity contribution in [2.75, 3.05) is 5.73 Å². The minimum absolute atomic E-state index is 0.135. The third-order valence-electron chi connectivity index (χ3n) is 3.66. The first kappa shape index (κ1) is 14.1. The van der Waals surface area contributed by atoms with E-state index >= 15 is 0 Å². The van der Waals surface area contributed by atoms with Crippen molar-refractivity contribution in [3.63, 3.8) is 0 Å². The molecule has 0 unspecified atom stereocenters. The molecular weight excluding hydrogens is 312 g/mol. The molecule has 0 aliphatic heterocycles. The predicted octanol–water partition coefficient (Wildman–Crippen LogP) is 0.968. The summed E-state index contributed by atoms with van der Waals surface area (Å²) >= 11 is 0. The van der Waals surface area contributed by atoms with Crippen LogP contribution < -0.4 is 5.73 Å². The van der Waals surface area contributed by atoms with Crippen molar-refractivity contribution in [3.05, 3.63) is 36.7 Å². The van der Waals surface area contributed by atoms with E-state index in [1.165, 1.54) is 23.3 Å². The molecule has 0 radical (unpaired) electrons. The quantitative estimate of drug-likeness (QED) is 0.589. The van der Waals surface area contributed by atoms with Gasteiger partial charge in [0.05, 0.1) is 17.3 Å². The molecule has 0 aromatic carbocycles. The smallest absolute Gasteiger partial charge is 0.266 e. The number of hydrogen-bond acceptors (Lipinski definition) is 8. The van der Waals surface area contributed by atoms with E-state index in [1.807, 2.05) is 11.5 Å². The van der Waals surface area contributed by atoms with Gasteiger partial charge >= 0.3 is 0 Å². The second-order valence-electron chi connectivity index (χ2n) is 5.01. The Hall–Kier alpha value is -3.56. The summed E-state index contributed by atoms with van der Waals surface area (Å²) in [4.78, 5) is 25.2. The largest absolute Gasteiger partial charge is 0.379 e. The fraction of sp³-hybridized carbons (Fsp3) is 0.143. The first-order chi connectivity index (χ1) is 11.7. The Kier molecular flexibility index (Phi) is 3.08. The second kappa shape index (κ2) is 5.26. The van der Waals surface area contributed by atoms with Gasteiger partial charge in [-0.3, -0.25) is 14.3 Å². The highest BCUT2D eigenvalue weighted by Crippen LogP contribution is 2.28. The molecule has 10 heteroatoms. The van der Waals surface area contributed by atoms with Crippen LogP contribution in [-0.4, -0.2) is 40.3 Å². The van der Waals surface area contributed by atoms with Crippen molar-refractivity contribution in [2.45, 2.75) is 13.5 Å². The molecule has 120 valence electrons. The molecule has 0 amide bonds. The molecule has 0 bridgehead atoms. The summed E-state index contributed by atoms with van der Waals surface area (Å²) in [7, 11) is 0. The number of imidazole rings is 2. The average molecular weight is 324 g/mol. The Morgan fingerprint density at radius 1 is 1.29 bits per heavy atom. The number of carbonyl (C=O) groups excluding carboxylic acids is 1. The second-order valence-corrected chi connectivity index (χ2v) is 5.01. The van der Waals surface area contributed by atoms with Crippen molar-refractivity contribution in [2.24, 2.45) is 0 Å². The Morgan fingerprint density at radius 3 is 2.83 bits per heavy atom. The van der Waals surface area contributed by atoms with Gasteiger partial charge in [0.2, 0.25) is 0 Å². The van der Waals surface area contributed by atoms with Crippen LogP contribution in [-0.2, 0) is 6.54 Å². The van der Waals surface area contributed by atoms with E-state index in [1.54, 1.807) is 12.4 Å². The topological polar surface area (TPSA) is 131 Å². The number of nitrogen functional groups attached to an aromatic ring is 1. The maximum absolute atomic E-state index is 12.7. The summed E-state index contributed by atoms with van der Waals surface area (Å²) in [5.74, 6) is 0.354. The van der Waals surface area contributed by atoms with E-state index in [4.69, 9.17) is 5.73 Å². The van der Waals surface area contributed by atoms with Crippen molar-refractivity contribution < 1.29 is 9.42 Å². The zero-order valence-electron chi connectivity index (χ0n) is 12.6. The Morgan fingerprint density at radius 2 is 2.17 bits per heavy atom. The van der Waals surface area contributed by atoms with Crippen LogP contribution in [0.5, 0.6) is 0 Å². The average Bonchev–Trinajstić information content (AvgIpc) is 3.32. The number of aromatic nitrogens is 7. The minimum atomic E-state index is -0.252. The van der Waals surface area contributed by atoms with Gasteiger partial charge < -0.3 is 10.3 Å². The lowest BCUT2D eigenvalue weighted by Gasteiger charge is -2.07. The zero-order chi connectivity index (χ0) is 16.7. The molecule has 0 saturated carbocycles. The Balaban J connectivity index is 1.99. The molecule has 0 saturated heterocycles. The first-order valence-electron chi connectivity index (χ1n) is 7.16. The summed E-state index contributed by atoms with van der Waals surface area (Å²) in [5, 5.41) is 7.38. The maximum atomic E-state index is 12.7. The van der Waals surface area contributed by atoms with Crippen LogP contribution >= 0.6 is 0 Å². The van der Waals surface area contributed by atoms with E-state index < -0.39 is 0 Å². The van der Waals surface area contributed by atoms with Crippen LogP contribution in [0, 0.1) is 0 Å². The molecular formula is C14H12N8O2. The lowest BCUT2D eigenvalue weighted by molar-refractivity contribution is 0.0960. The normalized spacial score (nSPS) is 11.2. The number of rotatable bonds is 3. The number of nitrogens with two attached hydrogens (primary N) is 1. The maximum Gasteiger partial charge on any atom is 0.266 e. The highest BCUT2D eigenvalue weighted by Gasteiger charge is 2.23. The third-order valence-corrected chi connectivity index (χ3v) is 3.66. The van der Waals surface area contributed by atoms with Crippen molar-refractivity contribution in [1.29, 1.82) is 0 Å². The summed E-state index contributed by atoms with van der Waals surface area (Å²) in [5.41, 5.74) is 7.71. The summed E-state index contributed by atoms with van der Waals surface area (Å²) in [6.07, 6.45) is 7.64. The van der Waals surface area contributed by atoms with Gasteiger partial charge in [-0.25, -0.2) is 14.6 Å². The van der Waals surface area contributed by atoms with E-state index in [0.717, 1.165) is 0 Å². The Bertz CT molecular complexity index is 1030. The number of anilines is 1. The van der Waals surface area contributed by atoms with E-state index in [0.29, 0.717) is 34.7 Å². The van der Waals surface area contributed by atoms with E-state index in [2.05, 4.69) is 29.9 Å². The highest BCUT2D eigenvalue weighted by molar-refractivity contribution is 6.06. The van der Waals surface area contributed by atoms with Crippen LogP contribution in [0.4, 0.5) is 5.82 Å². The fourth-order valence-electron chi connectivity index (χ4n) is 2.60. The number of pyridine rings is 1. The van der Waals surface area contributed by atoms with Crippen LogP contribution in [0.2, 0.25) is 0 Å². The minimum Gasteiger partial charge on any atom is -0.379 e. The van der Waals surface area contributed by atoms with Crippen LogP contribution in [0.3, 0.4) is 0 Å². The highest BCUT2D eigenvalue weighted by atomic mass is 16.6. The van der Waals surface area contributed by atoms with Crippen molar-refractivity contribution >= 4 is 22.8 Å². The standard InChI is InChI=1S/C14H12N8O2/c1-2-22-11-8(14(23)21-4-3-16-7-21)5-17-6-9(11)18-13(22)10-12(15)20-24-19-10/h3-7H,2H2,1H3,(H2,15,20). The molecule has 4 heterocycles. The van der Waals surface area contributed by atoms with Gasteiger partial charge in [0.25, 0.3) is 5.91 Å². The zero-order valence-corrected chi connectivity index (χ0v) is 12.6. The molecule has 0 atom stereocenters. The molecule has 0 fully saturated rings. The van der Waals surface area contributed by atoms with Gasteiger partial charge in [0, 0.05) is 25.1 Å². The number of hydrogen-bond donors (Lipinski definition) is 1. The summed E-state index contributed by atoms with van der Waals surface area (Å²) in [6.45, 7) is 2.48. The van der Waals surface area contributed by atoms with Gasteiger partial charge in [0.1, 0.15) is 11.8 Å². The number of aryl methyl sites for hydroxylation is 1. The third kappa shape index (κ3) is 1.96. The SMILES string of the molecule is CCn1c(-c2nonc2N)nc2cncc(C(=O)n3ccnc3)c21. The van der Waals surface area contributed by atoms with E-state index in [9.17, 15) is 4.79 Å². The van der Waals surface area contributed by atoms with Crippen LogP contribution in [0.25, 0.3) is 22.6 Å². The molecule has 4 aromatic rings. The molecule has 0 aliphatic carbocycles. The van der Waals surface area contributed by atoms with E-state index in [-0.39, 0.29) is 11.7 Å². The van der Waals surface area contributed by atoms with Gasteiger partial charge in [-0.1, -0.05) is 0 Å². The number of fused-ring (bicyclic) bond motifs is 1. The van der Waals surface area contributed by atoms with Crippen molar-refractivity contribution in [3.8, 4) is 11.5 Å². The fourth-order valence-corrected chi connectivity index (χ4v) is 2.60.